The molecule has 2 rings (SSSR count). The van der Waals surface area contributed by atoms with Crippen molar-refractivity contribution in [3.63, 3.8) is 0 Å². The van der Waals surface area contributed by atoms with Crippen LogP contribution in [0.4, 0.5) is 0 Å². The van der Waals surface area contributed by atoms with Crippen molar-refractivity contribution in [1.82, 2.24) is 10.2 Å². The number of likely N-dealkylation sites (N-methyl/N-ethyl adjacent to an activating group) is 1. The number of carbonyl (C=O) groups is 1. The van der Waals surface area contributed by atoms with Gasteiger partial charge in [0.25, 0.3) is 0 Å². The highest BCUT2D eigenvalue weighted by molar-refractivity contribution is 5.78. The highest BCUT2D eigenvalue weighted by Crippen LogP contribution is 2.26. The van der Waals surface area contributed by atoms with E-state index in [2.05, 4.69) is 24.3 Å². The number of amides is 1. The van der Waals surface area contributed by atoms with E-state index in [4.69, 9.17) is 9.47 Å². The summed E-state index contributed by atoms with van der Waals surface area (Å²) in [5.41, 5.74) is 0. The summed E-state index contributed by atoms with van der Waals surface area (Å²) in [5, 5.41) is 22.6. The molecule has 0 aromatic rings. The van der Waals surface area contributed by atoms with Crippen molar-refractivity contribution in [2.45, 2.75) is 31.5 Å². The van der Waals surface area contributed by atoms with Crippen molar-refractivity contribution < 1.29 is 29.0 Å². The van der Waals surface area contributed by atoms with Crippen LogP contribution in [0.1, 0.15) is 6.92 Å². The zero-order valence-corrected chi connectivity index (χ0v) is 15.1. The van der Waals surface area contributed by atoms with Crippen molar-refractivity contribution in [2.75, 3.05) is 60.5 Å². The highest BCUT2D eigenvalue weighted by atomic mass is 16.7. The summed E-state index contributed by atoms with van der Waals surface area (Å²) >= 11 is 0. The summed E-state index contributed by atoms with van der Waals surface area (Å²) in [6.45, 7) is 5.68. The fraction of sp³-hybridized carbons (Fsp3) is 0.938. The van der Waals surface area contributed by atoms with Gasteiger partial charge in [0.2, 0.25) is 5.91 Å². The molecule has 0 aliphatic carbocycles. The number of hydrogen-bond donors (Lipinski definition) is 3. The number of piperazine rings is 1. The SMILES string of the molecule is COC1OC(CO)C(C)C(O)C1NC(=O)CN1CC[N+](C)(C)CC1. The Balaban J connectivity index is 1.90. The molecular weight excluding hydrogens is 314 g/mol. The Labute approximate surface area is 143 Å². The van der Waals surface area contributed by atoms with Gasteiger partial charge in [-0.05, 0) is 0 Å². The monoisotopic (exact) mass is 346 g/mol. The Morgan fingerprint density at radius 2 is 2.00 bits per heavy atom. The van der Waals surface area contributed by atoms with Gasteiger partial charge < -0.3 is 29.5 Å². The summed E-state index contributed by atoms with van der Waals surface area (Å²) in [4.78, 5) is 14.5. The maximum absolute atomic E-state index is 12.4. The molecule has 0 spiro atoms. The van der Waals surface area contributed by atoms with E-state index in [0.717, 1.165) is 30.7 Å². The standard InChI is InChI=1S/C16H31N3O5/c1-11-12(10-20)24-16(23-4)14(15(11)22)17-13(21)9-18-5-7-19(2,3)8-6-18/h11-12,14-16,20,22H,5-10H2,1-4H3/p+1. The van der Waals surface area contributed by atoms with E-state index in [1.807, 2.05) is 0 Å². The molecule has 0 saturated carbocycles. The lowest BCUT2D eigenvalue weighted by Gasteiger charge is -2.43. The first-order chi connectivity index (χ1) is 11.3. The molecule has 2 heterocycles. The van der Waals surface area contributed by atoms with Gasteiger partial charge in [0.1, 0.15) is 6.04 Å². The summed E-state index contributed by atoms with van der Waals surface area (Å²) in [7, 11) is 5.84. The number of rotatable bonds is 5. The molecule has 2 aliphatic rings. The van der Waals surface area contributed by atoms with Gasteiger partial charge >= 0.3 is 0 Å². The first-order valence-electron chi connectivity index (χ1n) is 8.58. The third kappa shape index (κ3) is 4.65. The molecule has 0 aromatic heterocycles. The summed E-state index contributed by atoms with van der Waals surface area (Å²) < 4.78 is 11.9. The van der Waals surface area contributed by atoms with Crippen LogP contribution >= 0.6 is 0 Å². The van der Waals surface area contributed by atoms with E-state index in [1.54, 1.807) is 6.92 Å². The molecule has 2 aliphatic heterocycles. The van der Waals surface area contributed by atoms with Gasteiger partial charge in [-0.15, -0.1) is 0 Å². The maximum Gasteiger partial charge on any atom is 0.234 e. The van der Waals surface area contributed by atoms with Crippen molar-refractivity contribution in [2.24, 2.45) is 5.92 Å². The predicted molar refractivity (Wildman–Crippen MR) is 88.1 cm³/mol. The number of carbonyl (C=O) groups excluding carboxylic acids is 1. The minimum absolute atomic E-state index is 0.147. The average molecular weight is 346 g/mol. The molecule has 8 heteroatoms. The Kier molecular flexibility index (Phi) is 6.58. The maximum atomic E-state index is 12.4. The van der Waals surface area contributed by atoms with Crippen LogP contribution in [-0.4, -0.2) is 111 Å². The van der Waals surface area contributed by atoms with Gasteiger partial charge in [-0.1, -0.05) is 6.92 Å². The van der Waals surface area contributed by atoms with Crippen LogP contribution in [-0.2, 0) is 14.3 Å². The Morgan fingerprint density at radius 3 is 2.54 bits per heavy atom. The first kappa shape index (κ1) is 19.6. The van der Waals surface area contributed by atoms with Gasteiger partial charge in [0.05, 0.1) is 52.5 Å². The molecular formula is C16H32N3O5+. The van der Waals surface area contributed by atoms with Crippen molar-refractivity contribution >= 4 is 5.91 Å². The zero-order chi connectivity index (χ0) is 17.9. The molecule has 140 valence electrons. The molecule has 2 fully saturated rings. The third-order valence-electron chi connectivity index (χ3n) is 5.25. The molecule has 1 amide bonds. The average Bonchev–Trinajstić information content (AvgIpc) is 2.54. The fourth-order valence-corrected chi connectivity index (χ4v) is 3.29. The van der Waals surface area contributed by atoms with Crippen LogP contribution in [0.25, 0.3) is 0 Å². The van der Waals surface area contributed by atoms with E-state index in [9.17, 15) is 15.0 Å². The van der Waals surface area contributed by atoms with Crippen molar-refractivity contribution in [1.29, 1.82) is 0 Å². The van der Waals surface area contributed by atoms with Crippen LogP contribution in [0.15, 0.2) is 0 Å². The van der Waals surface area contributed by atoms with Crippen LogP contribution in [0, 0.1) is 5.92 Å². The van der Waals surface area contributed by atoms with Gasteiger partial charge in [-0.2, -0.15) is 0 Å². The molecule has 0 radical (unpaired) electrons. The molecule has 2 saturated heterocycles. The van der Waals surface area contributed by atoms with E-state index in [0.29, 0.717) is 6.54 Å². The second kappa shape index (κ2) is 8.07. The number of methoxy groups -OCH3 is 1. The topological polar surface area (TPSA) is 91.3 Å². The van der Waals surface area contributed by atoms with E-state index in [1.165, 1.54) is 7.11 Å². The second-order valence-corrected chi connectivity index (χ2v) is 7.56. The third-order valence-corrected chi connectivity index (χ3v) is 5.25. The first-order valence-corrected chi connectivity index (χ1v) is 8.58. The van der Waals surface area contributed by atoms with E-state index in [-0.39, 0.29) is 18.4 Å². The van der Waals surface area contributed by atoms with Crippen LogP contribution in [0.3, 0.4) is 0 Å². The zero-order valence-electron chi connectivity index (χ0n) is 15.1. The quantitative estimate of drug-likeness (QED) is 0.510. The summed E-state index contributed by atoms with van der Waals surface area (Å²) in [5.74, 6) is -0.439. The molecule has 5 unspecified atom stereocenters. The van der Waals surface area contributed by atoms with E-state index >= 15 is 0 Å². The lowest BCUT2D eigenvalue weighted by molar-refractivity contribution is -0.894. The van der Waals surface area contributed by atoms with Gasteiger partial charge in [0.15, 0.2) is 6.29 Å². The number of quaternary nitrogens is 1. The van der Waals surface area contributed by atoms with Crippen molar-refractivity contribution in [3.05, 3.63) is 0 Å². The second-order valence-electron chi connectivity index (χ2n) is 7.56. The highest BCUT2D eigenvalue weighted by Gasteiger charge is 2.43. The number of nitrogens with zero attached hydrogens (tertiary/aromatic N) is 2. The Bertz CT molecular complexity index is 422. The molecule has 8 nitrogen and oxygen atoms in total. The lowest BCUT2D eigenvalue weighted by Crippen LogP contribution is -2.63. The van der Waals surface area contributed by atoms with Gasteiger partial charge in [0, 0.05) is 26.1 Å². The van der Waals surface area contributed by atoms with Crippen LogP contribution in [0.5, 0.6) is 0 Å². The fourth-order valence-electron chi connectivity index (χ4n) is 3.29. The van der Waals surface area contributed by atoms with Crippen LogP contribution in [0.2, 0.25) is 0 Å². The number of aliphatic hydroxyl groups is 2. The number of hydrogen-bond acceptors (Lipinski definition) is 6. The molecule has 0 bridgehead atoms. The smallest absolute Gasteiger partial charge is 0.234 e. The Morgan fingerprint density at radius 1 is 1.38 bits per heavy atom. The minimum atomic E-state index is -0.832. The minimum Gasteiger partial charge on any atom is -0.394 e. The number of ether oxygens (including phenoxy) is 2. The molecule has 5 atom stereocenters. The summed E-state index contributed by atoms with van der Waals surface area (Å²) in [6, 6.07) is -0.641. The largest absolute Gasteiger partial charge is 0.394 e. The van der Waals surface area contributed by atoms with Gasteiger partial charge in [-0.3, -0.25) is 9.69 Å². The van der Waals surface area contributed by atoms with Crippen molar-refractivity contribution in [3.8, 4) is 0 Å². The Hall–Kier alpha value is -0.770. The predicted octanol–water partition coefficient (Wildman–Crippen LogP) is -1.78. The lowest BCUT2D eigenvalue weighted by atomic mass is 9.89. The molecule has 3 N–H and O–H groups in total. The molecule has 24 heavy (non-hydrogen) atoms. The van der Waals surface area contributed by atoms with Crippen LogP contribution < -0.4 is 5.32 Å². The number of nitrogens with one attached hydrogen (secondary N) is 1. The summed E-state index contributed by atoms with van der Waals surface area (Å²) in [6.07, 6.45) is -2.10. The molecule has 0 aromatic carbocycles. The van der Waals surface area contributed by atoms with Gasteiger partial charge in [-0.25, -0.2) is 0 Å². The van der Waals surface area contributed by atoms with E-state index < -0.39 is 24.5 Å². The normalized spacial score (nSPS) is 37.2. The number of aliphatic hydroxyl groups excluding tert-OH is 2.